The molecule has 0 saturated carbocycles. The molecule has 0 bridgehead atoms. The van der Waals surface area contributed by atoms with E-state index >= 15 is 0 Å². The minimum atomic E-state index is 0.390. The lowest BCUT2D eigenvalue weighted by Gasteiger charge is -2.42. The fourth-order valence-electron chi connectivity index (χ4n) is 5.69. The number of hydrogen-bond donors (Lipinski definition) is 0. The zero-order valence-electron chi connectivity index (χ0n) is 21.5. The molecule has 1 aliphatic rings. The van der Waals surface area contributed by atoms with E-state index in [4.69, 9.17) is 16.3 Å². The summed E-state index contributed by atoms with van der Waals surface area (Å²) in [6, 6.07) is 28.5. The van der Waals surface area contributed by atoms with Crippen LogP contribution in [0, 0.1) is 0 Å². The first-order valence-corrected chi connectivity index (χ1v) is 13.4. The van der Waals surface area contributed by atoms with Crippen molar-refractivity contribution in [1.29, 1.82) is 0 Å². The molecular formula is C31H36ClN3O. The molecule has 1 aliphatic heterocycles. The number of hydrogen-bond acceptors (Lipinski definition) is 3. The Kier molecular flexibility index (Phi) is 7.66. The lowest BCUT2D eigenvalue weighted by atomic mass is 9.90. The van der Waals surface area contributed by atoms with Gasteiger partial charge in [-0.1, -0.05) is 60.1 Å². The van der Waals surface area contributed by atoms with E-state index in [0.29, 0.717) is 18.7 Å². The second kappa shape index (κ2) is 11.1. The summed E-state index contributed by atoms with van der Waals surface area (Å²) >= 11 is 6.09. The van der Waals surface area contributed by atoms with Crippen LogP contribution in [0.4, 0.5) is 0 Å². The first-order chi connectivity index (χ1) is 17.5. The smallest absolute Gasteiger partial charge is 0.129 e. The quantitative estimate of drug-likeness (QED) is 0.255. The van der Waals surface area contributed by atoms with E-state index < -0.39 is 0 Å². The maximum Gasteiger partial charge on any atom is 0.129 e. The van der Waals surface area contributed by atoms with E-state index in [2.05, 4.69) is 90.0 Å². The summed E-state index contributed by atoms with van der Waals surface area (Å²) in [4.78, 5) is 5.07. The highest BCUT2D eigenvalue weighted by atomic mass is 35.5. The van der Waals surface area contributed by atoms with Crippen LogP contribution >= 0.6 is 11.6 Å². The molecule has 0 amide bonds. The zero-order valence-corrected chi connectivity index (χ0v) is 22.3. The number of aryl methyl sites for hydroxylation is 1. The van der Waals surface area contributed by atoms with Gasteiger partial charge in [-0.3, -0.25) is 4.90 Å². The van der Waals surface area contributed by atoms with Gasteiger partial charge < -0.3 is 14.2 Å². The Labute approximate surface area is 220 Å². The van der Waals surface area contributed by atoms with Gasteiger partial charge in [-0.05, 0) is 75.3 Å². The molecule has 1 aromatic heterocycles. The van der Waals surface area contributed by atoms with Crippen LogP contribution in [0.5, 0.6) is 5.75 Å². The SMILES string of the molecule is CCn1c(COc2ccc(Cl)cc2)c(CN2CCC(N(C)C)CC2c2ccccc2)c2ccccc21. The molecule has 5 rings (SSSR count). The van der Waals surface area contributed by atoms with Crippen LogP contribution in [-0.2, 0) is 19.7 Å². The standard InChI is InChI=1S/C31H36ClN3O/c1-4-35-29-13-9-8-12-27(29)28(31(35)22-36-26-16-14-24(32)15-17-26)21-34-19-18-25(33(2)3)20-30(34)23-10-6-5-7-11-23/h5-17,25,30H,4,18-22H2,1-3H3. The third-order valence-corrected chi connectivity index (χ3v) is 7.91. The molecule has 2 heterocycles. The largest absolute Gasteiger partial charge is 0.487 e. The summed E-state index contributed by atoms with van der Waals surface area (Å²) < 4.78 is 8.73. The van der Waals surface area contributed by atoms with Crippen LogP contribution in [0.3, 0.4) is 0 Å². The number of benzene rings is 3. The highest BCUT2D eigenvalue weighted by Crippen LogP contribution is 2.36. The number of para-hydroxylation sites is 1. The second-order valence-corrected chi connectivity index (χ2v) is 10.4. The van der Waals surface area contributed by atoms with Crippen molar-refractivity contribution in [3.63, 3.8) is 0 Å². The molecule has 36 heavy (non-hydrogen) atoms. The molecule has 2 unspecified atom stereocenters. The van der Waals surface area contributed by atoms with E-state index in [9.17, 15) is 0 Å². The van der Waals surface area contributed by atoms with E-state index in [-0.39, 0.29) is 0 Å². The van der Waals surface area contributed by atoms with Crippen LogP contribution in [0.1, 0.15) is 42.6 Å². The minimum absolute atomic E-state index is 0.390. The molecule has 2 atom stereocenters. The molecule has 0 spiro atoms. The third kappa shape index (κ3) is 5.17. The van der Waals surface area contributed by atoms with E-state index in [1.807, 2.05) is 24.3 Å². The molecule has 4 nitrogen and oxygen atoms in total. The summed E-state index contributed by atoms with van der Waals surface area (Å²) in [5, 5.41) is 2.05. The van der Waals surface area contributed by atoms with Gasteiger partial charge in [0.2, 0.25) is 0 Å². The van der Waals surface area contributed by atoms with Crippen molar-refractivity contribution < 1.29 is 4.74 Å². The Morgan fingerprint density at radius 1 is 0.944 bits per heavy atom. The van der Waals surface area contributed by atoms with Gasteiger partial charge in [0.15, 0.2) is 0 Å². The number of aromatic nitrogens is 1. The van der Waals surface area contributed by atoms with Crippen molar-refractivity contribution in [2.45, 2.75) is 51.5 Å². The molecule has 4 aromatic rings. The minimum Gasteiger partial charge on any atom is -0.487 e. The lowest BCUT2D eigenvalue weighted by molar-refractivity contribution is 0.0814. The predicted octanol–water partition coefficient (Wildman–Crippen LogP) is 7.16. The van der Waals surface area contributed by atoms with E-state index in [1.165, 1.54) is 34.1 Å². The van der Waals surface area contributed by atoms with Gasteiger partial charge in [0.25, 0.3) is 0 Å². The van der Waals surface area contributed by atoms with Gasteiger partial charge in [0.1, 0.15) is 12.4 Å². The van der Waals surface area contributed by atoms with Crippen molar-refractivity contribution in [2.24, 2.45) is 0 Å². The molecule has 5 heteroatoms. The van der Waals surface area contributed by atoms with E-state index in [0.717, 1.165) is 36.8 Å². The maximum absolute atomic E-state index is 6.30. The number of halogens is 1. The Hall–Kier alpha value is -2.79. The molecule has 1 fully saturated rings. The van der Waals surface area contributed by atoms with E-state index in [1.54, 1.807) is 0 Å². The van der Waals surface area contributed by atoms with Crippen LogP contribution in [0.15, 0.2) is 78.9 Å². The molecule has 1 saturated heterocycles. The summed E-state index contributed by atoms with van der Waals surface area (Å²) in [5.41, 5.74) is 5.33. The fraction of sp³-hybridized carbons (Fsp3) is 0.355. The number of ether oxygens (including phenoxy) is 1. The first-order valence-electron chi connectivity index (χ1n) is 13.0. The molecule has 3 aromatic carbocycles. The van der Waals surface area contributed by atoms with Crippen molar-refractivity contribution in [2.75, 3.05) is 20.6 Å². The van der Waals surface area contributed by atoms with Gasteiger partial charge in [-0.15, -0.1) is 0 Å². The van der Waals surface area contributed by atoms with Gasteiger partial charge in [0, 0.05) is 47.6 Å². The molecule has 188 valence electrons. The highest BCUT2D eigenvalue weighted by molar-refractivity contribution is 6.30. The van der Waals surface area contributed by atoms with Crippen LogP contribution in [0.2, 0.25) is 5.02 Å². The van der Waals surface area contributed by atoms with Gasteiger partial charge in [-0.2, -0.15) is 0 Å². The van der Waals surface area contributed by atoms with Gasteiger partial charge in [-0.25, -0.2) is 0 Å². The number of rotatable bonds is 8. The summed E-state index contributed by atoms with van der Waals surface area (Å²) in [6.45, 7) is 5.64. The van der Waals surface area contributed by atoms with Crippen LogP contribution < -0.4 is 4.74 Å². The number of nitrogens with zero attached hydrogens (tertiary/aromatic N) is 3. The van der Waals surface area contributed by atoms with Gasteiger partial charge >= 0.3 is 0 Å². The number of fused-ring (bicyclic) bond motifs is 1. The van der Waals surface area contributed by atoms with Crippen molar-refractivity contribution in [3.05, 3.63) is 101 Å². The summed E-state index contributed by atoms with van der Waals surface area (Å²) in [7, 11) is 4.42. The first kappa shape index (κ1) is 24.9. The second-order valence-electron chi connectivity index (χ2n) is 9.97. The monoisotopic (exact) mass is 501 g/mol. The molecular weight excluding hydrogens is 466 g/mol. The Bertz CT molecular complexity index is 1280. The highest BCUT2D eigenvalue weighted by Gasteiger charge is 2.32. The van der Waals surface area contributed by atoms with Crippen molar-refractivity contribution >= 4 is 22.5 Å². The normalized spacial score (nSPS) is 18.7. The Morgan fingerprint density at radius 2 is 1.67 bits per heavy atom. The third-order valence-electron chi connectivity index (χ3n) is 7.66. The zero-order chi connectivity index (χ0) is 25.1. The Balaban J connectivity index is 1.50. The molecule has 0 radical (unpaired) electrons. The maximum atomic E-state index is 6.30. The van der Waals surface area contributed by atoms with Gasteiger partial charge in [0.05, 0.1) is 5.69 Å². The fourth-order valence-corrected chi connectivity index (χ4v) is 5.82. The summed E-state index contributed by atoms with van der Waals surface area (Å²) in [6.07, 6.45) is 2.32. The van der Waals surface area contributed by atoms with Crippen LogP contribution in [-0.4, -0.2) is 41.0 Å². The average Bonchev–Trinajstić information content (AvgIpc) is 3.21. The average molecular weight is 502 g/mol. The van der Waals surface area contributed by atoms with Crippen molar-refractivity contribution in [1.82, 2.24) is 14.4 Å². The van der Waals surface area contributed by atoms with Crippen LogP contribution in [0.25, 0.3) is 10.9 Å². The number of piperidine rings is 1. The predicted molar refractivity (Wildman–Crippen MR) is 150 cm³/mol. The molecule has 0 N–H and O–H groups in total. The summed E-state index contributed by atoms with van der Waals surface area (Å²) in [5.74, 6) is 0.840. The Morgan fingerprint density at radius 3 is 2.39 bits per heavy atom. The number of likely N-dealkylation sites (tertiary alicyclic amines) is 1. The topological polar surface area (TPSA) is 20.6 Å². The van der Waals surface area contributed by atoms with Crippen molar-refractivity contribution in [3.8, 4) is 5.75 Å². The lowest BCUT2D eigenvalue weighted by Crippen LogP contribution is -2.43. The molecule has 0 aliphatic carbocycles.